The molecular formula is C26H32FN3O3. The van der Waals surface area contributed by atoms with Crippen molar-refractivity contribution in [3.05, 3.63) is 41.7 Å². The smallest absolute Gasteiger partial charge is 0.340 e. The highest BCUT2D eigenvalue weighted by molar-refractivity contribution is 5.74. The Morgan fingerprint density at radius 2 is 1.94 bits per heavy atom. The van der Waals surface area contributed by atoms with Gasteiger partial charge >= 0.3 is 5.97 Å². The van der Waals surface area contributed by atoms with E-state index in [-0.39, 0.29) is 12.5 Å². The Morgan fingerprint density at radius 3 is 2.58 bits per heavy atom. The lowest BCUT2D eigenvalue weighted by molar-refractivity contribution is -0.157. The normalized spacial score (nSPS) is 18.8. The van der Waals surface area contributed by atoms with Gasteiger partial charge in [-0.2, -0.15) is 5.26 Å². The largest absolute Gasteiger partial charge is 0.492 e. The van der Waals surface area contributed by atoms with Crippen molar-refractivity contribution in [2.75, 3.05) is 6.61 Å². The number of rotatable bonds is 10. The molecule has 7 heteroatoms. The molecular weight excluding hydrogens is 421 g/mol. The van der Waals surface area contributed by atoms with Crippen LogP contribution in [-0.2, 0) is 16.0 Å². The van der Waals surface area contributed by atoms with Gasteiger partial charge in [0.2, 0.25) is 0 Å². The molecule has 1 aliphatic carbocycles. The zero-order chi connectivity index (χ0) is 23.6. The number of halogens is 1. The predicted octanol–water partition coefficient (Wildman–Crippen LogP) is 5.59. The molecule has 1 aromatic heterocycles. The average Bonchev–Trinajstić information content (AvgIpc) is 2.86. The first-order chi connectivity index (χ1) is 16.0. The van der Waals surface area contributed by atoms with Crippen LogP contribution in [-0.4, -0.2) is 34.8 Å². The minimum atomic E-state index is -1.52. The number of alkyl halides is 1. The van der Waals surface area contributed by atoms with Crippen LogP contribution >= 0.6 is 0 Å². The Hall–Kier alpha value is -3.01. The Labute approximate surface area is 195 Å². The van der Waals surface area contributed by atoms with Gasteiger partial charge < -0.3 is 9.47 Å². The molecule has 33 heavy (non-hydrogen) atoms. The predicted molar refractivity (Wildman–Crippen MR) is 123 cm³/mol. The molecule has 0 amide bonds. The quantitative estimate of drug-likeness (QED) is 0.436. The molecule has 1 aromatic carbocycles. The average molecular weight is 454 g/mol. The third kappa shape index (κ3) is 6.98. The number of hydrogen-bond donors (Lipinski definition) is 0. The standard InChI is InChI=1S/C26H32FN3O3/c1-3-5-6-23(27)26(31)33-22-10-7-19(8-11-22)17-32-24-12-9-20(13-21(24)14-28)25-29-15-18(4-2)16-30-25/h9,12-13,15-16,19,22-23H,3-8,10-11,17H2,1-2H3/t19?,22?,23-/m0/s1. The summed E-state index contributed by atoms with van der Waals surface area (Å²) < 4.78 is 25.2. The number of carbonyl (C=O) groups excluding carboxylic acids is 1. The molecule has 0 spiro atoms. The fourth-order valence-electron chi connectivity index (χ4n) is 3.93. The molecule has 1 atom stereocenters. The van der Waals surface area contributed by atoms with Crippen LogP contribution in [0.15, 0.2) is 30.6 Å². The van der Waals surface area contributed by atoms with Gasteiger partial charge in [0, 0.05) is 18.0 Å². The van der Waals surface area contributed by atoms with Gasteiger partial charge in [0.15, 0.2) is 12.0 Å². The second-order valence-electron chi connectivity index (χ2n) is 8.59. The molecule has 0 N–H and O–H groups in total. The maximum absolute atomic E-state index is 13.8. The number of aryl methyl sites for hydroxylation is 1. The number of nitrogens with zero attached hydrogens (tertiary/aromatic N) is 3. The zero-order valence-corrected chi connectivity index (χ0v) is 19.4. The minimum absolute atomic E-state index is 0.221. The van der Waals surface area contributed by atoms with E-state index < -0.39 is 12.1 Å². The van der Waals surface area contributed by atoms with E-state index in [4.69, 9.17) is 9.47 Å². The topological polar surface area (TPSA) is 85.1 Å². The third-order valence-corrected chi connectivity index (χ3v) is 6.09. The molecule has 176 valence electrons. The number of esters is 1. The van der Waals surface area contributed by atoms with E-state index in [1.165, 1.54) is 0 Å². The van der Waals surface area contributed by atoms with Gasteiger partial charge in [0.1, 0.15) is 17.9 Å². The summed E-state index contributed by atoms with van der Waals surface area (Å²) in [5.41, 5.74) is 2.28. The third-order valence-electron chi connectivity index (χ3n) is 6.09. The Morgan fingerprint density at radius 1 is 1.21 bits per heavy atom. The van der Waals surface area contributed by atoms with Gasteiger partial charge in [-0.15, -0.1) is 0 Å². The van der Waals surface area contributed by atoms with Crippen molar-refractivity contribution in [2.24, 2.45) is 5.92 Å². The van der Waals surface area contributed by atoms with E-state index >= 15 is 0 Å². The fraction of sp³-hybridized carbons (Fsp3) is 0.538. The minimum Gasteiger partial charge on any atom is -0.492 e. The number of hydrogen-bond acceptors (Lipinski definition) is 6. The lowest BCUT2D eigenvalue weighted by Gasteiger charge is -2.28. The number of benzene rings is 1. The molecule has 2 aromatic rings. The molecule has 0 radical (unpaired) electrons. The highest BCUT2D eigenvalue weighted by atomic mass is 19.1. The van der Waals surface area contributed by atoms with Crippen LogP contribution < -0.4 is 4.74 Å². The van der Waals surface area contributed by atoms with Crippen LogP contribution in [0, 0.1) is 17.2 Å². The van der Waals surface area contributed by atoms with Crippen LogP contribution in [0.3, 0.4) is 0 Å². The van der Waals surface area contributed by atoms with Crippen molar-refractivity contribution in [3.63, 3.8) is 0 Å². The van der Waals surface area contributed by atoms with Crippen LogP contribution in [0.1, 0.15) is 69.9 Å². The molecule has 1 fully saturated rings. The first kappa shape index (κ1) is 24.6. The van der Waals surface area contributed by atoms with Crippen molar-refractivity contribution in [1.29, 1.82) is 5.26 Å². The molecule has 3 rings (SSSR count). The van der Waals surface area contributed by atoms with Gasteiger partial charge in [-0.25, -0.2) is 19.2 Å². The maximum atomic E-state index is 13.8. The first-order valence-corrected chi connectivity index (χ1v) is 11.9. The van der Waals surface area contributed by atoms with Gasteiger partial charge in [0.25, 0.3) is 0 Å². The first-order valence-electron chi connectivity index (χ1n) is 11.9. The van der Waals surface area contributed by atoms with Gasteiger partial charge in [0.05, 0.1) is 12.2 Å². The number of ether oxygens (including phenoxy) is 2. The maximum Gasteiger partial charge on any atom is 0.340 e. The van der Waals surface area contributed by atoms with E-state index in [0.717, 1.165) is 36.8 Å². The summed E-state index contributed by atoms with van der Waals surface area (Å²) in [4.78, 5) is 20.6. The highest BCUT2D eigenvalue weighted by Crippen LogP contribution is 2.29. The number of aromatic nitrogens is 2. The molecule has 0 unspecified atom stereocenters. The summed E-state index contributed by atoms with van der Waals surface area (Å²) >= 11 is 0. The fourth-order valence-corrected chi connectivity index (χ4v) is 3.93. The highest BCUT2D eigenvalue weighted by Gasteiger charge is 2.27. The summed E-state index contributed by atoms with van der Waals surface area (Å²) in [6.07, 6.45) is 7.57. The van der Waals surface area contributed by atoms with Crippen molar-refractivity contribution in [2.45, 2.75) is 77.5 Å². The van der Waals surface area contributed by atoms with Crippen molar-refractivity contribution >= 4 is 5.97 Å². The van der Waals surface area contributed by atoms with Crippen molar-refractivity contribution in [1.82, 2.24) is 9.97 Å². The van der Waals surface area contributed by atoms with Crippen molar-refractivity contribution in [3.8, 4) is 23.2 Å². The molecule has 1 aliphatic rings. The van der Waals surface area contributed by atoms with E-state index in [1.54, 1.807) is 24.5 Å². The summed E-state index contributed by atoms with van der Waals surface area (Å²) in [5.74, 6) is 0.692. The van der Waals surface area contributed by atoms with Crippen LogP contribution in [0.25, 0.3) is 11.4 Å². The molecule has 6 nitrogen and oxygen atoms in total. The van der Waals surface area contributed by atoms with E-state index in [1.807, 2.05) is 19.9 Å². The zero-order valence-electron chi connectivity index (χ0n) is 19.4. The van der Waals surface area contributed by atoms with Crippen LogP contribution in [0.5, 0.6) is 5.75 Å². The van der Waals surface area contributed by atoms with Crippen molar-refractivity contribution < 1.29 is 18.7 Å². The summed E-state index contributed by atoms with van der Waals surface area (Å²) in [6, 6.07) is 7.59. The summed E-state index contributed by atoms with van der Waals surface area (Å²) in [6.45, 7) is 4.50. The number of unbranched alkanes of at least 4 members (excludes halogenated alkanes) is 1. The molecule has 0 aliphatic heterocycles. The lowest BCUT2D eigenvalue weighted by Crippen LogP contribution is -2.30. The number of nitriles is 1. The van der Waals surface area contributed by atoms with Crippen LogP contribution in [0.2, 0.25) is 0 Å². The summed E-state index contributed by atoms with van der Waals surface area (Å²) in [5, 5.41) is 9.58. The Balaban J connectivity index is 1.49. The van der Waals surface area contributed by atoms with Gasteiger partial charge in [-0.05, 0) is 68.2 Å². The van der Waals surface area contributed by atoms with E-state index in [2.05, 4.69) is 16.0 Å². The van der Waals surface area contributed by atoms with E-state index in [0.29, 0.717) is 48.9 Å². The van der Waals surface area contributed by atoms with Gasteiger partial charge in [-0.3, -0.25) is 0 Å². The second kappa shape index (κ2) is 12.3. The second-order valence-corrected chi connectivity index (χ2v) is 8.59. The number of carbonyl (C=O) groups is 1. The summed E-state index contributed by atoms with van der Waals surface area (Å²) in [7, 11) is 0. The van der Waals surface area contributed by atoms with E-state index in [9.17, 15) is 14.4 Å². The Kier molecular flexibility index (Phi) is 9.17. The molecule has 1 saturated carbocycles. The Bertz CT molecular complexity index is 950. The lowest BCUT2D eigenvalue weighted by atomic mass is 9.88. The monoisotopic (exact) mass is 453 g/mol. The van der Waals surface area contributed by atoms with Crippen LogP contribution in [0.4, 0.5) is 4.39 Å². The molecule has 1 heterocycles. The SMILES string of the molecule is CCCC[C@H](F)C(=O)OC1CCC(COc2ccc(-c3ncc(CC)cn3)cc2C#N)CC1. The molecule has 0 saturated heterocycles. The molecule has 0 bridgehead atoms. The van der Waals surface area contributed by atoms with Gasteiger partial charge in [-0.1, -0.05) is 26.7 Å².